The molecule has 96 valence electrons. The molecule has 5 nitrogen and oxygen atoms in total. The summed E-state index contributed by atoms with van der Waals surface area (Å²) in [6.07, 6.45) is 3.27. The first-order valence-corrected chi connectivity index (χ1v) is 6.91. The Labute approximate surface area is 114 Å². The molecule has 0 atom stereocenters. The van der Waals surface area contributed by atoms with Gasteiger partial charge in [-0.1, -0.05) is 42.1 Å². The fraction of sp³-hybridized carbons (Fsp3) is 0.154. The summed E-state index contributed by atoms with van der Waals surface area (Å²) in [6.45, 7) is 0.838. The molecule has 1 amide bonds. The lowest BCUT2D eigenvalue weighted by atomic mass is 10.2. The van der Waals surface area contributed by atoms with Crippen LogP contribution >= 0.6 is 11.8 Å². The summed E-state index contributed by atoms with van der Waals surface area (Å²) in [7, 11) is 0. The van der Waals surface area contributed by atoms with Gasteiger partial charge in [-0.3, -0.25) is 14.7 Å². The van der Waals surface area contributed by atoms with E-state index in [1.165, 1.54) is 6.08 Å². The van der Waals surface area contributed by atoms with Crippen molar-refractivity contribution in [3.8, 4) is 0 Å². The van der Waals surface area contributed by atoms with Crippen molar-refractivity contribution in [1.82, 2.24) is 14.8 Å². The highest BCUT2D eigenvalue weighted by molar-refractivity contribution is 7.99. The van der Waals surface area contributed by atoms with Gasteiger partial charge in [0.15, 0.2) is 5.16 Å². The van der Waals surface area contributed by atoms with Crippen LogP contribution in [0.4, 0.5) is 5.95 Å². The lowest BCUT2D eigenvalue weighted by Crippen LogP contribution is -2.13. The zero-order chi connectivity index (χ0) is 13.1. The monoisotopic (exact) mass is 272 g/mol. The van der Waals surface area contributed by atoms with E-state index < -0.39 is 0 Å². The molecule has 6 heteroatoms. The number of nitrogens with one attached hydrogen (secondary N) is 1. The maximum Gasteiger partial charge on any atom is 0.250 e. The van der Waals surface area contributed by atoms with Crippen LogP contribution in [0.15, 0.2) is 41.6 Å². The normalized spacial score (nSPS) is 13.7. The average Bonchev–Trinajstić information content (AvgIpc) is 3.03. The van der Waals surface area contributed by atoms with Gasteiger partial charge >= 0.3 is 0 Å². The average molecular weight is 272 g/mol. The Bertz CT molecular complexity index is 621. The summed E-state index contributed by atoms with van der Waals surface area (Å²) >= 11 is 1.65. The number of rotatable bonds is 3. The second kappa shape index (κ2) is 5.27. The van der Waals surface area contributed by atoms with Gasteiger partial charge in [0.1, 0.15) is 0 Å². The Morgan fingerprint density at radius 3 is 3.00 bits per heavy atom. The van der Waals surface area contributed by atoms with Crippen molar-refractivity contribution in [2.24, 2.45) is 0 Å². The van der Waals surface area contributed by atoms with E-state index in [-0.39, 0.29) is 5.91 Å². The van der Waals surface area contributed by atoms with Crippen LogP contribution < -0.4 is 5.32 Å². The molecule has 3 rings (SSSR count). The van der Waals surface area contributed by atoms with Crippen molar-refractivity contribution in [2.45, 2.75) is 11.7 Å². The quantitative estimate of drug-likeness (QED) is 0.869. The number of fused-ring (bicyclic) bond motifs is 1. The summed E-state index contributed by atoms with van der Waals surface area (Å²) in [5, 5.41) is 11.6. The predicted molar refractivity (Wildman–Crippen MR) is 74.9 cm³/mol. The highest BCUT2D eigenvalue weighted by Crippen LogP contribution is 2.26. The number of hydrogen-bond acceptors (Lipinski definition) is 4. The summed E-state index contributed by atoms with van der Waals surface area (Å²) < 4.78 is 1.92. The van der Waals surface area contributed by atoms with Crippen LogP contribution in [0.3, 0.4) is 0 Å². The molecule has 0 saturated heterocycles. The molecule has 1 aliphatic rings. The minimum absolute atomic E-state index is 0.198. The van der Waals surface area contributed by atoms with Crippen LogP contribution in [0.2, 0.25) is 0 Å². The smallest absolute Gasteiger partial charge is 0.250 e. The van der Waals surface area contributed by atoms with E-state index >= 15 is 0 Å². The van der Waals surface area contributed by atoms with E-state index in [1.54, 1.807) is 17.8 Å². The van der Waals surface area contributed by atoms with Crippen molar-refractivity contribution < 1.29 is 4.79 Å². The number of nitrogens with zero attached hydrogens (tertiary/aromatic N) is 3. The lowest BCUT2D eigenvalue weighted by Gasteiger charge is -2.01. The summed E-state index contributed by atoms with van der Waals surface area (Å²) in [6, 6.07) is 9.68. The van der Waals surface area contributed by atoms with Crippen molar-refractivity contribution in [3.63, 3.8) is 0 Å². The molecule has 1 N–H and O–H groups in total. The van der Waals surface area contributed by atoms with Gasteiger partial charge in [-0.05, 0) is 11.6 Å². The van der Waals surface area contributed by atoms with Gasteiger partial charge in [-0.2, -0.15) is 0 Å². The molecule has 0 spiro atoms. The van der Waals surface area contributed by atoms with E-state index in [9.17, 15) is 4.79 Å². The fourth-order valence-corrected chi connectivity index (χ4v) is 2.69. The molecule has 0 aliphatic carbocycles. The Morgan fingerprint density at radius 2 is 2.16 bits per heavy atom. The molecule has 19 heavy (non-hydrogen) atoms. The molecule has 1 aliphatic heterocycles. The Hall–Kier alpha value is -2.08. The third-order valence-electron chi connectivity index (χ3n) is 2.72. The molecular weight excluding hydrogens is 260 g/mol. The minimum Gasteiger partial charge on any atom is -0.291 e. The first-order chi connectivity index (χ1) is 9.33. The number of carbonyl (C=O) groups excluding carboxylic acids is 1. The van der Waals surface area contributed by atoms with Crippen molar-refractivity contribution in [3.05, 3.63) is 42.0 Å². The summed E-state index contributed by atoms with van der Waals surface area (Å²) in [5.74, 6) is 1.30. The third-order valence-corrected chi connectivity index (χ3v) is 3.67. The molecule has 1 aromatic carbocycles. The number of hydrogen-bond donors (Lipinski definition) is 1. The molecule has 1 aromatic heterocycles. The number of thioether (sulfide) groups is 1. The molecule has 2 aromatic rings. The van der Waals surface area contributed by atoms with Gasteiger partial charge in [-0.15, -0.1) is 10.2 Å². The molecule has 0 radical (unpaired) electrons. The van der Waals surface area contributed by atoms with Crippen LogP contribution in [0.1, 0.15) is 5.56 Å². The van der Waals surface area contributed by atoms with E-state index in [0.717, 1.165) is 23.0 Å². The minimum atomic E-state index is -0.198. The molecule has 2 heterocycles. The highest BCUT2D eigenvalue weighted by Gasteiger charge is 2.18. The lowest BCUT2D eigenvalue weighted by molar-refractivity contribution is -0.111. The zero-order valence-corrected chi connectivity index (χ0v) is 10.9. The van der Waals surface area contributed by atoms with Crippen LogP contribution in [0.5, 0.6) is 0 Å². The number of benzene rings is 1. The van der Waals surface area contributed by atoms with Gasteiger partial charge in [0.2, 0.25) is 5.95 Å². The van der Waals surface area contributed by atoms with Crippen LogP contribution in [-0.2, 0) is 11.3 Å². The van der Waals surface area contributed by atoms with Gasteiger partial charge in [0, 0.05) is 18.4 Å². The standard InChI is InChI=1S/C13H12N4OS/c18-11(7-6-10-4-2-1-3-5-10)14-12-15-16-13-17(12)8-9-19-13/h1-7H,8-9H2,(H,14,15,18)/b7-6+. The maximum absolute atomic E-state index is 11.8. The van der Waals surface area contributed by atoms with Gasteiger partial charge < -0.3 is 0 Å². The SMILES string of the molecule is O=C(/C=C/c1ccccc1)Nc1nnc2n1CCS2. The molecule has 0 fully saturated rings. The predicted octanol–water partition coefficient (Wildman–Crippen LogP) is 2.04. The second-order valence-electron chi connectivity index (χ2n) is 4.04. The maximum atomic E-state index is 11.8. The topological polar surface area (TPSA) is 59.8 Å². The van der Waals surface area contributed by atoms with E-state index in [4.69, 9.17) is 0 Å². The second-order valence-corrected chi connectivity index (χ2v) is 5.10. The largest absolute Gasteiger partial charge is 0.291 e. The summed E-state index contributed by atoms with van der Waals surface area (Å²) in [5.41, 5.74) is 0.986. The van der Waals surface area contributed by atoms with Gasteiger partial charge in [-0.25, -0.2) is 0 Å². The molecule has 0 saturated carbocycles. The summed E-state index contributed by atoms with van der Waals surface area (Å²) in [4.78, 5) is 11.8. The van der Waals surface area contributed by atoms with Crippen molar-refractivity contribution in [1.29, 1.82) is 0 Å². The molecular formula is C13H12N4OS. The fourth-order valence-electron chi connectivity index (χ4n) is 1.81. The Morgan fingerprint density at radius 1 is 1.32 bits per heavy atom. The first kappa shape index (κ1) is 12.0. The van der Waals surface area contributed by atoms with E-state index in [1.807, 2.05) is 34.9 Å². The number of amides is 1. The Kier molecular flexibility index (Phi) is 3.33. The number of aromatic nitrogens is 3. The number of carbonyl (C=O) groups is 1. The molecule has 0 bridgehead atoms. The van der Waals surface area contributed by atoms with E-state index in [2.05, 4.69) is 15.5 Å². The van der Waals surface area contributed by atoms with E-state index in [0.29, 0.717) is 5.95 Å². The highest BCUT2D eigenvalue weighted by atomic mass is 32.2. The number of anilines is 1. The van der Waals surface area contributed by atoms with Gasteiger partial charge in [0.25, 0.3) is 5.91 Å². The Balaban J connectivity index is 1.67. The van der Waals surface area contributed by atoms with Crippen LogP contribution in [0.25, 0.3) is 6.08 Å². The van der Waals surface area contributed by atoms with Crippen LogP contribution in [0, 0.1) is 0 Å². The van der Waals surface area contributed by atoms with Gasteiger partial charge in [0.05, 0.1) is 0 Å². The van der Waals surface area contributed by atoms with Crippen LogP contribution in [-0.4, -0.2) is 26.4 Å². The van der Waals surface area contributed by atoms with Crippen molar-refractivity contribution >= 4 is 29.7 Å². The van der Waals surface area contributed by atoms with Crippen molar-refractivity contribution in [2.75, 3.05) is 11.1 Å². The first-order valence-electron chi connectivity index (χ1n) is 5.93. The molecule has 0 unspecified atom stereocenters. The zero-order valence-electron chi connectivity index (χ0n) is 10.1. The third kappa shape index (κ3) is 2.68.